The van der Waals surface area contributed by atoms with Crippen LogP contribution in [0.5, 0.6) is 0 Å². The Balaban J connectivity index is 1.90. The maximum absolute atomic E-state index is 12.2. The molecule has 0 aliphatic heterocycles. The summed E-state index contributed by atoms with van der Waals surface area (Å²) in [6.07, 6.45) is 0. The van der Waals surface area contributed by atoms with Gasteiger partial charge < -0.3 is 5.32 Å². The number of thiophene rings is 1. The summed E-state index contributed by atoms with van der Waals surface area (Å²) in [5.41, 5.74) is 3.72. The van der Waals surface area contributed by atoms with Gasteiger partial charge in [-0.25, -0.2) is 5.48 Å². The van der Waals surface area contributed by atoms with Crippen molar-refractivity contribution in [2.45, 2.75) is 5.92 Å². The predicted octanol–water partition coefficient (Wildman–Crippen LogP) is 3.64. The van der Waals surface area contributed by atoms with E-state index >= 15 is 0 Å². The van der Waals surface area contributed by atoms with E-state index in [0.29, 0.717) is 16.1 Å². The molecule has 25 heavy (non-hydrogen) atoms. The second-order valence-electron chi connectivity index (χ2n) is 5.38. The molecule has 1 aromatic heterocycles. The second-order valence-corrected chi connectivity index (χ2v) is 6.32. The molecular formula is C19H16N2O3S. The Labute approximate surface area is 148 Å². The lowest BCUT2D eigenvalue weighted by Gasteiger charge is -2.17. The Morgan fingerprint density at radius 1 is 0.920 bits per heavy atom. The van der Waals surface area contributed by atoms with Crippen LogP contribution >= 0.6 is 11.3 Å². The third kappa shape index (κ3) is 3.93. The average molecular weight is 352 g/mol. The van der Waals surface area contributed by atoms with Crippen LogP contribution in [0.4, 0.5) is 5.69 Å². The first-order chi connectivity index (χ1) is 12.2. The predicted molar refractivity (Wildman–Crippen MR) is 96.9 cm³/mol. The van der Waals surface area contributed by atoms with Crippen molar-refractivity contribution >= 4 is 28.8 Å². The summed E-state index contributed by atoms with van der Waals surface area (Å²) in [6, 6.07) is 19.7. The summed E-state index contributed by atoms with van der Waals surface area (Å²) in [7, 11) is 0. The van der Waals surface area contributed by atoms with Gasteiger partial charge in [-0.15, -0.1) is 11.3 Å². The Bertz CT molecular complexity index is 863. The lowest BCUT2D eigenvalue weighted by atomic mass is 9.90. The van der Waals surface area contributed by atoms with E-state index in [2.05, 4.69) is 5.32 Å². The molecule has 1 atom stereocenters. The Kier molecular flexibility index (Phi) is 5.23. The molecule has 6 heteroatoms. The quantitative estimate of drug-likeness (QED) is 0.484. The van der Waals surface area contributed by atoms with E-state index in [1.165, 1.54) is 11.3 Å². The molecule has 0 aliphatic rings. The summed E-state index contributed by atoms with van der Waals surface area (Å²) < 4.78 is 0. The Morgan fingerprint density at radius 2 is 1.68 bits per heavy atom. The van der Waals surface area contributed by atoms with Crippen LogP contribution in [0.25, 0.3) is 0 Å². The number of hydrogen-bond acceptors (Lipinski definition) is 4. The van der Waals surface area contributed by atoms with E-state index < -0.39 is 11.8 Å². The van der Waals surface area contributed by atoms with Crippen molar-refractivity contribution in [2.75, 3.05) is 5.32 Å². The van der Waals surface area contributed by atoms with Crippen LogP contribution in [0.1, 0.15) is 26.7 Å². The molecule has 3 aromatic rings. The van der Waals surface area contributed by atoms with Gasteiger partial charge in [0.25, 0.3) is 11.8 Å². The number of benzene rings is 2. The smallest absolute Gasteiger partial charge is 0.265 e. The number of hydroxylamine groups is 1. The highest BCUT2D eigenvalue weighted by Gasteiger charge is 2.22. The molecule has 3 N–H and O–H groups in total. The number of hydrogen-bond donors (Lipinski definition) is 3. The van der Waals surface area contributed by atoms with Crippen LogP contribution in [-0.2, 0) is 4.79 Å². The number of rotatable bonds is 5. The minimum absolute atomic E-state index is 0.199. The van der Waals surface area contributed by atoms with E-state index in [4.69, 9.17) is 5.21 Å². The number of carbonyl (C=O) groups excluding carboxylic acids is 2. The molecule has 0 saturated heterocycles. The zero-order chi connectivity index (χ0) is 17.6. The Hall–Kier alpha value is -2.96. The molecule has 3 rings (SSSR count). The number of amides is 2. The zero-order valence-electron chi connectivity index (χ0n) is 13.2. The molecule has 0 aliphatic carbocycles. The first-order valence-corrected chi connectivity index (χ1v) is 8.50. The van der Waals surface area contributed by atoms with Gasteiger partial charge in [0.1, 0.15) is 0 Å². The molecule has 0 saturated carbocycles. The molecule has 0 radical (unpaired) electrons. The number of nitrogens with one attached hydrogen (secondary N) is 2. The molecule has 126 valence electrons. The van der Waals surface area contributed by atoms with Gasteiger partial charge in [0, 0.05) is 5.69 Å². The van der Waals surface area contributed by atoms with Crippen LogP contribution in [-0.4, -0.2) is 17.0 Å². The van der Waals surface area contributed by atoms with Crippen LogP contribution in [0, 0.1) is 0 Å². The van der Waals surface area contributed by atoms with Crippen molar-refractivity contribution in [1.29, 1.82) is 0 Å². The lowest BCUT2D eigenvalue weighted by Crippen LogP contribution is -2.27. The highest BCUT2D eigenvalue weighted by Crippen LogP contribution is 2.27. The van der Waals surface area contributed by atoms with E-state index in [1.807, 2.05) is 41.8 Å². The number of anilines is 1. The van der Waals surface area contributed by atoms with Gasteiger partial charge in [-0.1, -0.05) is 48.5 Å². The summed E-state index contributed by atoms with van der Waals surface area (Å²) in [4.78, 5) is 25.0. The SMILES string of the molecule is O=C(Nc1cccc(C(C(=O)NO)c2ccccc2)c1)c1cccs1. The van der Waals surface area contributed by atoms with Crippen LogP contribution in [0.2, 0.25) is 0 Å². The summed E-state index contributed by atoms with van der Waals surface area (Å²) >= 11 is 1.36. The highest BCUT2D eigenvalue weighted by molar-refractivity contribution is 7.12. The van der Waals surface area contributed by atoms with Crippen LogP contribution in [0.3, 0.4) is 0 Å². The molecule has 1 heterocycles. The van der Waals surface area contributed by atoms with E-state index in [9.17, 15) is 9.59 Å². The molecule has 0 spiro atoms. The fourth-order valence-corrected chi connectivity index (χ4v) is 3.22. The minimum Gasteiger partial charge on any atom is -0.321 e. The van der Waals surface area contributed by atoms with Gasteiger partial charge in [0.15, 0.2) is 0 Å². The standard InChI is InChI=1S/C19H16N2O3S/c22-18(16-10-5-11-25-16)20-15-9-4-8-14(12-15)17(19(23)21-24)13-6-2-1-3-7-13/h1-12,17,24H,(H,20,22)(H,21,23). The average Bonchev–Trinajstić information content (AvgIpc) is 3.18. The fourth-order valence-electron chi connectivity index (χ4n) is 2.60. The number of carbonyl (C=O) groups is 2. The molecule has 2 aromatic carbocycles. The third-order valence-electron chi connectivity index (χ3n) is 3.73. The summed E-state index contributed by atoms with van der Waals surface area (Å²) in [6.45, 7) is 0. The summed E-state index contributed by atoms with van der Waals surface area (Å²) in [5.74, 6) is -1.41. The molecule has 0 bridgehead atoms. The van der Waals surface area contributed by atoms with Crippen molar-refractivity contribution in [1.82, 2.24) is 5.48 Å². The van der Waals surface area contributed by atoms with Gasteiger partial charge >= 0.3 is 0 Å². The largest absolute Gasteiger partial charge is 0.321 e. The monoisotopic (exact) mass is 352 g/mol. The molecule has 1 unspecified atom stereocenters. The van der Waals surface area contributed by atoms with Crippen LogP contribution in [0.15, 0.2) is 72.1 Å². The van der Waals surface area contributed by atoms with Gasteiger partial charge in [0.05, 0.1) is 10.8 Å². The van der Waals surface area contributed by atoms with Gasteiger partial charge in [0.2, 0.25) is 0 Å². The maximum atomic E-state index is 12.2. The summed E-state index contributed by atoms with van der Waals surface area (Å²) in [5, 5.41) is 13.8. The van der Waals surface area contributed by atoms with Crippen molar-refractivity contribution in [3.63, 3.8) is 0 Å². The van der Waals surface area contributed by atoms with Crippen molar-refractivity contribution < 1.29 is 14.8 Å². The van der Waals surface area contributed by atoms with Crippen molar-refractivity contribution in [3.05, 3.63) is 88.1 Å². The normalized spacial score (nSPS) is 11.6. The third-order valence-corrected chi connectivity index (χ3v) is 4.60. The molecule has 0 fully saturated rings. The second kappa shape index (κ2) is 7.74. The first kappa shape index (κ1) is 16.9. The topological polar surface area (TPSA) is 78.4 Å². The highest BCUT2D eigenvalue weighted by atomic mass is 32.1. The molecule has 5 nitrogen and oxygen atoms in total. The van der Waals surface area contributed by atoms with E-state index in [0.717, 1.165) is 5.56 Å². The van der Waals surface area contributed by atoms with E-state index in [-0.39, 0.29) is 5.91 Å². The first-order valence-electron chi connectivity index (χ1n) is 7.63. The van der Waals surface area contributed by atoms with Gasteiger partial charge in [-0.3, -0.25) is 14.8 Å². The van der Waals surface area contributed by atoms with Gasteiger partial charge in [-0.2, -0.15) is 0 Å². The van der Waals surface area contributed by atoms with Crippen molar-refractivity contribution in [3.8, 4) is 0 Å². The van der Waals surface area contributed by atoms with Gasteiger partial charge in [-0.05, 0) is 34.7 Å². The molecular weight excluding hydrogens is 336 g/mol. The molecule has 2 amide bonds. The zero-order valence-corrected chi connectivity index (χ0v) is 14.0. The van der Waals surface area contributed by atoms with Crippen LogP contribution < -0.4 is 10.8 Å². The Morgan fingerprint density at radius 3 is 2.36 bits per heavy atom. The minimum atomic E-state index is -0.676. The fraction of sp³-hybridized carbons (Fsp3) is 0.0526. The van der Waals surface area contributed by atoms with Crippen molar-refractivity contribution in [2.24, 2.45) is 0 Å². The van der Waals surface area contributed by atoms with E-state index in [1.54, 1.807) is 35.8 Å². The maximum Gasteiger partial charge on any atom is 0.265 e. The lowest BCUT2D eigenvalue weighted by molar-refractivity contribution is -0.129.